The molecule has 0 aliphatic carbocycles. The highest BCUT2D eigenvalue weighted by atomic mass is 19.4. The molecule has 0 aromatic heterocycles. The predicted molar refractivity (Wildman–Crippen MR) is 46.3 cm³/mol. The lowest BCUT2D eigenvalue weighted by atomic mass is 10.1. The Bertz CT molecular complexity index is 222. The van der Waals surface area contributed by atoms with Crippen molar-refractivity contribution < 1.29 is 27.8 Å². The van der Waals surface area contributed by atoms with Gasteiger partial charge < -0.3 is 15.2 Å². The number of ether oxygens (including phenoxy) is 1. The van der Waals surface area contributed by atoms with Crippen molar-refractivity contribution in [1.82, 2.24) is 5.32 Å². The second-order valence-electron chi connectivity index (χ2n) is 4.03. The van der Waals surface area contributed by atoms with Crippen LogP contribution >= 0.6 is 0 Å². The molecule has 0 radical (unpaired) electrons. The van der Waals surface area contributed by atoms with E-state index in [-0.39, 0.29) is 0 Å². The number of rotatable bonds is 2. The molecule has 0 fully saturated rings. The highest BCUT2D eigenvalue weighted by Gasteiger charge is 2.39. The summed E-state index contributed by atoms with van der Waals surface area (Å²) in [5.74, 6) is 0. The van der Waals surface area contributed by atoms with Gasteiger partial charge in [-0.3, -0.25) is 0 Å². The van der Waals surface area contributed by atoms with Crippen LogP contribution in [0.2, 0.25) is 0 Å². The summed E-state index contributed by atoms with van der Waals surface area (Å²) in [4.78, 5) is 10.9. The van der Waals surface area contributed by atoms with Crippen molar-refractivity contribution in [2.75, 3.05) is 6.61 Å². The van der Waals surface area contributed by atoms with E-state index >= 15 is 0 Å². The van der Waals surface area contributed by atoms with Crippen molar-refractivity contribution in [3.05, 3.63) is 0 Å². The van der Waals surface area contributed by atoms with Crippen molar-refractivity contribution in [2.45, 2.75) is 38.6 Å². The van der Waals surface area contributed by atoms with E-state index in [4.69, 9.17) is 5.11 Å². The van der Waals surface area contributed by atoms with Gasteiger partial charge in [-0.2, -0.15) is 13.2 Å². The molecule has 2 N–H and O–H groups in total. The lowest BCUT2D eigenvalue weighted by molar-refractivity contribution is -0.212. The van der Waals surface area contributed by atoms with Gasteiger partial charge in [-0.15, -0.1) is 0 Å². The highest BCUT2D eigenvalue weighted by Crippen LogP contribution is 2.19. The highest BCUT2D eigenvalue weighted by molar-refractivity contribution is 5.68. The van der Waals surface area contributed by atoms with Crippen molar-refractivity contribution >= 4 is 6.09 Å². The van der Waals surface area contributed by atoms with Gasteiger partial charge in [0.2, 0.25) is 0 Å². The van der Waals surface area contributed by atoms with Crippen LogP contribution in [-0.2, 0) is 4.74 Å². The average molecular weight is 229 g/mol. The summed E-state index contributed by atoms with van der Waals surface area (Å²) in [6.07, 6.45) is -8.42. The minimum absolute atomic E-state index is 0.597. The molecule has 0 saturated carbocycles. The van der Waals surface area contributed by atoms with E-state index in [0.717, 1.165) is 0 Å². The molecule has 15 heavy (non-hydrogen) atoms. The summed E-state index contributed by atoms with van der Waals surface area (Å²) in [6, 6.07) is 0. The monoisotopic (exact) mass is 229 g/mol. The van der Waals surface area contributed by atoms with Crippen LogP contribution < -0.4 is 5.32 Å². The molecule has 90 valence electrons. The molecule has 0 rings (SSSR count). The number of alkyl halides is 3. The number of aliphatic hydroxyl groups is 1. The zero-order chi connectivity index (χ0) is 12.3. The molecular weight excluding hydrogens is 215 g/mol. The second kappa shape index (κ2) is 4.69. The molecule has 0 aromatic carbocycles. The number of halogens is 3. The molecule has 1 atom stereocenters. The standard InChI is InChI=1S/C8H14F3NO3/c1-7(2,3)12-6(14)15-4-5(13)8(9,10)11/h5,13H,4H2,1-3H3,(H,12,14). The van der Waals surface area contributed by atoms with Gasteiger partial charge in [0.05, 0.1) is 0 Å². The number of carbonyl (C=O) groups excluding carboxylic acids is 1. The Morgan fingerprint density at radius 3 is 2.20 bits per heavy atom. The van der Waals surface area contributed by atoms with Gasteiger partial charge >= 0.3 is 12.3 Å². The predicted octanol–water partition coefficient (Wildman–Crippen LogP) is 1.43. The number of nitrogens with one attached hydrogen (secondary N) is 1. The fourth-order valence-corrected chi connectivity index (χ4v) is 0.591. The minimum Gasteiger partial charge on any atom is -0.446 e. The van der Waals surface area contributed by atoms with Gasteiger partial charge in [-0.25, -0.2) is 4.79 Å². The molecule has 0 aromatic rings. The lowest BCUT2D eigenvalue weighted by Crippen LogP contribution is -2.43. The van der Waals surface area contributed by atoms with Crippen molar-refractivity contribution in [1.29, 1.82) is 0 Å². The van der Waals surface area contributed by atoms with Crippen molar-refractivity contribution in [2.24, 2.45) is 0 Å². The maximum absolute atomic E-state index is 11.8. The Morgan fingerprint density at radius 1 is 1.40 bits per heavy atom. The minimum atomic E-state index is -4.78. The Balaban J connectivity index is 3.92. The van der Waals surface area contributed by atoms with E-state index in [1.807, 2.05) is 0 Å². The van der Waals surface area contributed by atoms with Crippen LogP contribution in [0.4, 0.5) is 18.0 Å². The first-order valence-electron chi connectivity index (χ1n) is 4.22. The fourth-order valence-electron chi connectivity index (χ4n) is 0.591. The quantitative estimate of drug-likeness (QED) is 0.753. The van der Waals surface area contributed by atoms with Gasteiger partial charge in [0, 0.05) is 5.54 Å². The summed E-state index contributed by atoms with van der Waals surface area (Å²) in [5, 5.41) is 10.8. The Labute approximate surface area is 85.4 Å². The third-order valence-corrected chi connectivity index (χ3v) is 1.23. The first-order chi connectivity index (χ1) is 6.52. The van der Waals surface area contributed by atoms with Gasteiger partial charge in [-0.05, 0) is 20.8 Å². The zero-order valence-corrected chi connectivity index (χ0v) is 8.68. The van der Waals surface area contributed by atoms with Crippen LogP contribution in [0.5, 0.6) is 0 Å². The molecule has 0 spiro atoms. The van der Waals surface area contributed by atoms with Gasteiger partial charge in [0.15, 0.2) is 6.10 Å². The smallest absolute Gasteiger partial charge is 0.417 e. The molecule has 7 heteroatoms. The van der Waals surface area contributed by atoms with Gasteiger partial charge in [-0.1, -0.05) is 0 Å². The normalized spacial score (nSPS) is 14.6. The van der Waals surface area contributed by atoms with E-state index in [2.05, 4.69) is 10.1 Å². The number of aliphatic hydroxyl groups excluding tert-OH is 1. The molecule has 0 saturated heterocycles. The van der Waals surface area contributed by atoms with Crippen LogP contribution in [0.3, 0.4) is 0 Å². The SMILES string of the molecule is CC(C)(C)NC(=O)OCC(O)C(F)(F)F. The van der Waals surface area contributed by atoms with Crippen LogP contribution in [-0.4, -0.2) is 35.6 Å². The Morgan fingerprint density at radius 2 is 1.87 bits per heavy atom. The molecular formula is C8H14F3NO3. The molecule has 1 amide bonds. The Hall–Kier alpha value is -0.980. The number of alkyl carbamates (subject to hydrolysis) is 1. The summed E-state index contributed by atoms with van der Waals surface area (Å²) >= 11 is 0. The van der Waals surface area contributed by atoms with E-state index in [1.165, 1.54) is 0 Å². The Kier molecular flexibility index (Phi) is 4.39. The summed E-state index contributed by atoms with van der Waals surface area (Å²) in [7, 11) is 0. The number of carbonyl (C=O) groups is 1. The van der Waals surface area contributed by atoms with Crippen molar-refractivity contribution in [3.63, 3.8) is 0 Å². The largest absolute Gasteiger partial charge is 0.446 e. The molecule has 4 nitrogen and oxygen atoms in total. The summed E-state index contributed by atoms with van der Waals surface area (Å²) in [6.45, 7) is 3.84. The molecule has 0 aliphatic heterocycles. The average Bonchev–Trinajstić information content (AvgIpc) is 1.94. The van der Waals surface area contributed by atoms with E-state index in [0.29, 0.717) is 0 Å². The van der Waals surface area contributed by atoms with Gasteiger partial charge in [0.25, 0.3) is 0 Å². The summed E-state index contributed by atoms with van der Waals surface area (Å²) < 4.78 is 39.5. The van der Waals surface area contributed by atoms with Gasteiger partial charge in [0.1, 0.15) is 6.61 Å². The molecule has 0 bridgehead atoms. The number of hydrogen-bond donors (Lipinski definition) is 2. The van der Waals surface area contributed by atoms with E-state index in [1.54, 1.807) is 20.8 Å². The zero-order valence-electron chi connectivity index (χ0n) is 8.68. The third kappa shape index (κ3) is 7.01. The molecule has 0 aliphatic rings. The maximum atomic E-state index is 11.8. The topological polar surface area (TPSA) is 58.6 Å². The van der Waals surface area contributed by atoms with Crippen LogP contribution in [0, 0.1) is 0 Å². The maximum Gasteiger partial charge on any atom is 0.417 e. The first-order valence-corrected chi connectivity index (χ1v) is 4.22. The van der Waals surface area contributed by atoms with Crippen molar-refractivity contribution in [3.8, 4) is 0 Å². The van der Waals surface area contributed by atoms with E-state index < -0.39 is 30.5 Å². The molecule has 1 unspecified atom stereocenters. The molecule has 0 heterocycles. The van der Waals surface area contributed by atoms with Crippen LogP contribution in [0.1, 0.15) is 20.8 Å². The lowest BCUT2D eigenvalue weighted by Gasteiger charge is -2.21. The van der Waals surface area contributed by atoms with Crippen LogP contribution in [0.25, 0.3) is 0 Å². The first kappa shape index (κ1) is 14.0. The summed E-state index contributed by atoms with van der Waals surface area (Å²) in [5.41, 5.74) is -0.597. The van der Waals surface area contributed by atoms with Crippen LogP contribution in [0.15, 0.2) is 0 Å². The number of amides is 1. The number of hydrogen-bond acceptors (Lipinski definition) is 3. The third-order valence-electron chi connectivity index (χ3n) is 1.23. The van der Waals surface area contributed by atoms with E-state index in [9.17, 15) is 18.0 Å². The fraction of sp³-hybridized carbons (Fsp3) is 0.875. The second-order valence-corrected chi connectivity index (χ2v) is 4.03.